The summed E-state index contributed by atoms with van der Waals surface area (Å²) in [6.07, 6.45) is 1.94. The van der Waals surface area contributed by atoms with Gasteiger partial charge in [-0.15, -0.1) is 0 Å². The number of rotatable bonds is 9. The number of hydrogen-bond acceptors (Lipinski definition) is 7. The van der Waals surface area contributed by atoms with E-state index in [9.17, 15) is 18.0 Å². The van der Waals surface area contributed by atoms with E-state index in [1.54, 1.807) is 35.2 Å². The topological polar surface area (TPSA) is 159 Å². The third-order valence-electron chi connectivity index (χ3n) is 9.01. The van der Waals surface area contributed by atoms with E-state index >= 15 is 0 Å². The van der Waals surface area contributed by atoms with Crippen LogP contribution in [-0.4, -0.2) is 72.0 Å². The second kappa shape index (κ2) is 14.3. The molecule has 2 aliphatic rings. The van der Waals surface area contributed by atoms with Crippen LogP contribution in [-0.2, 0) is 21.4 Å². The van der Waals surface area contributed by atoms with Gasteiger partial charge in [-0.1, -0.05) is 53.5 Å². The van der Waals surface area contributed by atoms with Gasteiger partial charge in [0.1, 0.15) is 34.6 Å². The Hall–Kier alpha value is -4.23. The summed E-state index contributed by atoms with van der Waals surface area (Å²) in [5.74, 6) is -0.0727. The fraction of sp³-hybridized carbons (Fsp3) is 0.314. The minimum Gasteiger partial charge on any atom is -0.487 e. The molecule has 1 unspecified atom stereocenters. The molecule has 0 saturated carbocycles. The van der Waals surface area contributed by atoms with E-state index in [1.807, 2.05) is 31.2 Å². The summed E-state index contributed by atoms with van der Waals surface area (Å²) in [7, 11) is -4.19. The van der Waals surface area contributed by atoms with E-state index in [2.05, 4.69) is 10.3 Å². The summed E-state index contributed by atoms with van der Waals surface area (Å²) >= 11 is 13.2. The van der Waals surface area contributed by atoms with Crippen LogP contribution in [0.5, 0.6) is 5.75 Å². The molecule has 2 aliphatic heterocycles. The highest BCUT2D eigenvalue weighted by molar-refractivity contribution is 7.89. The van der Waals surface area contributed by atoms with Gasteiger partial charge in [0.15, 0.2) is 0 Å². The fourth-order valence-electron chi connectivity index (χ4n) is 6.31. The first-order valence-corrected chi connectivity index (χ1v) is 18.2. The number of para-hydroxylation sites is 1. The summed E-state index contributed by atoms with van der Waals surface area (Å²) < 4.78 is 35.3. The van der Waals surface area contributed by atoms with Crippen molar-refractivity contribution in [3.05, 3.63) is 99.2 Å². The van der Waals surface area contributed by atoms with Gasteiger partial charge >= 0.3 is 0 Å². The third kappa shape index (κ3) is 7.23. The number of carbonyl (C=O) groups is 2. The van der Waals surface area contributed by atoms with E-state index in [-0.39, 0.29) is 51.8 Å². The largest absolute Gasteiger partial charge is 0.487 e. The number of amidine groups is 1. The molecule has 2 fully saturated rings. The quantitative estimate of drug-likeness (QED) is 0.156. The molecule has 0 radical (unpaired) electrons. The van der Waals surface area contributed by atoms with E-state index in [4.69, 9.17) is 39.1 Å². The van der Waals surface area contributed by atoms with Gasteiger partial charge in [0.2, 0.25) is 15.9 Å². The zero-order valence-corrected chi connectivity index (χ0v) is 29.1. The van der Waals surface area contributed by atoms with Gasteiger partial charge in [0.25, 0.3) is 5.91 Å². The highest BCUT2D eigenvalue weighted by Crippen LogP contribution is 2.36. The predicted molar refractivity (Wildman–Crippen MR) is 189 cm³/mol. The number of sulfonamides is 1. The smallest absolute Gasteiger partial charge is 0.253 e. The minimum absolute atomic E-state index is 0.0593. The molecule has 2 amide bonds. The maximum atomic E-state index is 14.0. The number of piperidine rings is 1. The Morgan fingerprint density at radius 1 is 0.980 bits per heavy atom. The summed E-state index contributed by atoms with van der Waals surface area (Å²) in [6.45, 7) is 2.83. The van der Waals surface area contributed by atoms with Gasteiger partial charge < -0.3 is 20.7 Å². The van der Waals surface area contributed by atoms with Crippen molar-refractivity contribution in [1.29, 1.82) is 5.41 Å². The number of pyridine rings is 1. The maximum absolute atomic E-state index is 14.0. The number of nitrogens with two attached hydrogens (primary N) is 1. The molecule has 3 heterocycles. The minimum atomic E-state index is -4.19. The highest BCUT2D eigenvalue weighted by Gasteiger charge is 2.41. The van der Waals surface area contributed by atoms with Crippen molar-refractivity contribution in [2.45, 2.75) is 56.2 Å². The van der Waals surface area contributed by atoms with E-state index in [0.29, 0.717) is 66.7 Å². The lowest BCUT2D eigenvalue weighted by Gasteiger charge is -2.33. The van der Waals surface area contributed by atoms with Crippen molar-refractivity contribution in [2.24, 2.45) is 5.73 Å². The SMILES string of the molecule is Cc1ccc2cccc(OCc3c(Cl)ccc(S(=O)(=O)N4CCCC4C(=O)NC4CCN(C(=O)c5ccc(C(=N)N)cc5)CC4)c3Cl)c2n1. The average molecular weight is 724 g/mol. The maximum Gasteiger partial charge on any atom is 0.253 e. The van der Waals surface area contributed by atoms with Crippen LogP contribution in [0.1, 0.15) is 52.9 Å². The Morgan fingerprint density at radius 3 is 2.41 bits per heavy atom. The zero-order valence-electron chi connectivity index (χ0n) is 26.8. The van der Waals surface area contributed by atoms with Crippen LogP contribution in [0.2, 0.25) is 10.0 Å². The average Bonchev–Trinajstić information content (AvgIpc) is 3.60. The van der Waals surface area contributed by atoms with E-state index < -0.39 is 16.1 Å². The third-order valence-corrected chi connectivity index (χ3v) is 11.9. The predicted octanol–water partition coefficient (Wildman–Crippen LogP) is 5.29. The first kappa shape index (κ1) is 34.6. The van der Waals surface area contributed by atoms with Crippen molar-refractivity contribution < 1.29 is 22.7 Å². The van der Waals surface area contributed by atoms with Crippen molar-refractivity contribution in [2.75, 3.05) is 19.6 Å². The molecule has 1 aromatic heterocycles. The fourth-order valence-corrected chi connectivity index (χ4v) is 8.83. The first-order valence-electron chi connectivity index (χ1n) is 16.0. The van der Waals surface area contributed by atoms with Crippen LogP contribution in [0.4, 0.5) is 0 Å². The van der Waals surface area contributed by atoms with Gasteiger partial charge in [0.05, 0.1) is 5.02 Å². The number of carbonyl (C=O) groups excluding carboxylic acids is 2. The standard InChI is InChI=1S/C35H36Cl2N6O5S/c1-21-7-8-22-4-2-6-29(32(22)40-21)48-20-26-27(36)13-14-30(31(26)37)49(46,47)43-17-3-5-28(43)34(44)41-25-15-18-42(19-16-25)35(45)24-11-9-23(10-12-24)33(38)39/h2,4,6-14,25,28H,3,5,15-20H2,1H3,(H3,38,39)(H,41,44). The van der Waals surface area contributed by atoms with Crippen LogP contribution < -0.4 is 15.8 Å². The summed E-state index contributed by atoms with van der Waals surface area (Å²) in [5.41, 5.74) is 8.35. The second-order valence-electron chi connectivity index (χ2n) is 12.2. The summed E-state index contributed by atoms with van der Waals surface area (Å²) in [5, 5.41) is 11.6. The molecule has 256 valence electrons. The van der Waals surface area contributed by atoms with E-state index in [1.165, 1.54) is 16.4 Å². The lowest BCUT2D eigenvalue weighted by Crippen LogP contribution is -2.52. The molecule has 0 bridgehead atoms. The molecular weight excluding hydrogens is 687 g/mol. The molecule has 14 heteroatoms. The molecule has 11 nitrogen and oxygen atoms in total. The Labute approximate surface area is 294 Å². The molecule has 6 rings (SSSR count). The van der Waals surface area contributed by atoms with Crippen molar-refractivity contribution >= 4 is 61.8 Å². The number of fused-ring (bicyclic) bond motifs is 1. The monoisotopic (exact) mass is 722 g/mol. The number of ether oxygens (including phenoxy) is 1. The zero-order chi connectivity index (χ0) is 34.9. The highest BCUT2D eigenvalue weighted by atomic mass is 35.5. The van der Waals surface area contributed by atoms with Crippen LogP contribution in [0.3, 0.4) is 0 Å². The van der Waals surface area contributed by atoms with Crippen LogP contribution in [0.25, 0.3) is 10.9 Å². The molecular formula is C35H36Cl2N6O5S. The molecule has 4 aromatic rings. The van der Waals surface area contributed by atoms with Crippen LogP contribution in [0, 0.1) is 12.3 Å². The molecule has 2 saturated heterocycles. The molecule has 0 aliphatic carbocycles. The number of halogens is 2. The normalized spacial score (nSPS) is 17.3. The molecule has 1 atom stereocenters. The van der Waals surface area contributed by atoms with Gasteiger partial charge in [-0.25, -0.2) is 13.4 Å². The number of amides is 2. The number of aryl methyl sites for hydroxylation is 1. The molecule has 0 spiro atoms. The number of aromatic nitrogens is 1. The Kier molecular flexibility index (Phi) is 10.1. The van der Waals surface area contributed by atoms with Gasteiger partial charge in [-0.2, -0.15) is 4.31 Å². The van der Waals surface area contributed by atoms with Crippen molar-refractivity contribution in [3.8, 4) is 5.75 Å². The van der Waals surface area contributed by atoms with Gasteiger partial charge in [-0.3, -0.25) is 15.0 Å². The number of nitrogen functional groups attached to an aromatic ring is 1. The summed E-state index contributed by atoms with van der Waals surface area (Å²) in [4.78, 5) is 32.7. The molecule has 49 heavy (non-hydrogen) atoms. The van der Waals surface area contributed by atoms with Crippen LogP contribution >= 0.6 is 23.2 Å². The van der Waals surface area contributed by atoms with Gasteiger partial charge in [-0.05, 0) is 69.0 Å². The lowest BCUT2D eigenvalue weighted by molar-refractivity contribution is -0.125. The first-order chi connectivity index (χ1) is 23.4. The van der Waals surface area contributed by atoms with Gasteiger partial charge in [0, 0.05) is 58.5 Å². The Bertz CT molecular complexity index is 2030. The van der Waals surface area contributed by atoms with E-state index in [0.717, 1.165) is 11.1 Å². The van der Waals surface area contributed by atoms with Crippen molar-refractivity contribution in [3.63, 3.8) is 0 Å². The van der Waals surface area contributed by atoms with Crippen molar-refractivity contribution in [1.82, 2.24) is 19.5 Å². The Balaban J connectivity index is 1.11. The summed E-state index contributed by atoms with van der Waals surface area (Å²) in [6, 6.07) is 17.7. The number of likely N-dealkylation sites (tertiary alicyclic amines) is 1. The molecule has 4 N–H and O–H groups in total. The second-order valence-corrected chi connectivity index (χ2v) is 14.9. The number of nitrogens with zero attached hydrogens (tertiary/aromatic N) is 3. The number of hydrogen-bond donors (Lipinski definition) is 3. The lowest BCUT2D eigenvalue weighted by atomic mass is 10.0. The Morgan fingerprint density at radius 2 is 1.69 bits per heavy atom. The molecule has 3 aromatic carbocycles. The number of benzene rings is 3. The number of nitrogens with one attached hydrogen (secondary N) is 2. The van der Waals surface area contributed by atoms with Crippen LogP contribution in [0.15, 0.2) is 71.6 Å².